The lowest BCUT2D eigenvalue weighted by atomic mass is 10.2. The fourth-order valence-electron chi connectivity index (χ4n) is 2.40. The quantitative estimate of drug-likeness (QED) is 0.574. The number of nitrogens with zero attached hydrogens (tertiary/aromatic N) is 2. The molecule has 0 bridgehead atoms. The van der Waals surface area contributed by atoms with Gasteiger partial charge in [0, 0.05) is 26.2 Å². The minimum absolute atomic E-state index is 0.0478. The van der Waals surface area contributed by atoms with Crippen molar-refractivity contribution in [3.63, 3.8) is 0 Å². The Kier molecular flexibility index (Phi) is 4.76. The number of amidine groups is 1. The van der Waals surface area contributed by atoms with Crippen LogP contribution in [0.4, 0.5) is 0 Å². The molecule has 1 atom stereocenters. The van der Waals surface area contributed by atoms with Crippen LogP contribution in [-0.2, 0) is 9.47 Å². The lowest BCUT2D eigenvalue weighted by Gasteiger charge is -2.37. The maximum atomic E-state index is 8.22. The second-order valence-electron chi connectivity index (χ2n) is 4.64. The molecule has 2 saturated heterocycles. The summed E-state index contributed by atoms with van der Waals surface area (Å²) in [5.41, 5.74) is 0. The van der Waals surface area contributed by atoms with Crippen LogP contribution in [0.25, 0.3) is 0 Å². The number of rotatable bonds is 3. The molecule has 0 aromatic carbocycles. The van der Waals surface area contributed by atoms with Crippen LogP contribution in [-0.4, -0.2) is 74.3 Å². The van der Waals surface area contributed by atoms with Gasteiger partial charge >= 0.3 is 0 Å². The van der Waals surface area contributed by atoms with Crippen molar-refractivity contribution in [3.05, 3.63) is 0 Å². The van der Waals surface area contributed by atoms with Crippen molar-refractivity contribution in [2.45, 2.75) is 19.4 Å². The number of hydrogen-bond donors (Lipinski definition) is 1. The molecule has 2 heterocycles. The molecule has 98 valence electrons. The lowest BCUT2D eigenvalue weighted by molar-refractivity contribution is -0.00528. The fraction of sp³-hybridized carbons (Fsp3) is 0.917. The maximum Gasteiger partial charge on any atom is 0.127 e. The predicted molar refractivity (Wildman–Crippen MR) is 66.6 cm³/mol. The smallest absolute Gasteiger partial charge is 0.127 e. The summed E-state index contributed by atoms with van der Waals surface area (Å²) in [5.74, 6) is 0.633. The van der Waals surface area contributed by atoms with E-state index in [1.54, 1.807) is 0 Å². The topological polar surface area (TPSA) is 48.8 Å². The van der Waals surface area contributed by atoms with Crippen molar-refractivity contribution >= 4 is 5.84 Å². The largest absolute Gasteiger partial charge is 0.378 e. The Morgan fingerprint density at radius 3 is 2.71 bits per heavy atom. The molecule has 0 aromatic heterocycles. The standard InChI is InChI=1S/C12H23N3O2/c1-2-3-14-4-9-17-11(10-14)12(13)15-5-7-16-8-6-15/h11,13H,2-10H2,1H3. The van der Waals surface area contributed by atoms with Gasteiger partial charge in [0.15, 0.2) is 0 Å². The van der Waals surface area contributed by atoms with Crippen LogP contribution in [0.2, 0.25) is 0 Å². The van der Waals surface area contributed by atoms with Gasteiger partial charge in [-0.1, -0.05) is 6.92 Å². The molecule has 0 saturated carbocycles. The summed E-state index contributed by atoms with van der Waals surface area (Å²) < 4.78 is 11.0. The summed E-state index contributed by atoms with van der Waals surface area (Å²) in [6.07, 6.45) is 1.12. The van der Waals surface area contributed by atoms with E-state index < -0.39 is 0 Å². The Hall–Kier alpha value is -0.650. The van der Waals surface area contributed by atoms with E-state index in [2.05, 4.69) is 16.7 Å². The molecule has 2 aliphatic rings. The first-order chi connectivity index (χ1) is 8.31. The highest BCUT2D eigenvalue weighted by Crippen LogP contribution is 2.10. The number of nitrogens with one attached hydrogen (secondary N) is 1. The monoisotopic (exact) mass is 241 g/mol. The van der Waals surface area contributed by atoms with Crippen LogP contribution in [0.3, 0.4) is 0 Å². The predicted octanol–water partition coefficient (Wildman–Crippen LogP) is 0.407. The third-order valence-corrected chi connectivity index (χ3v) is 3.35. The summed E-state index contributed by atoms with van der Waals surface area (Å²) in [6, 6.07) is 0. The Bertz CT molecular complexity index is 252. The van der Waals surface area contributed by atoms with Gasteiger partial charge in [-0.15, -0.1) is 0 Å². The Morgan fingerprint density at radius 1 is 1.24 bits per heavy atom. The first-order valence-electron chi connectivity index (χ1n) is 6.56. The van der Waals surface area contributed by atoms with Gasteiger partial charge in [0.1, 0.15) is 11.9 Å². The lowest BCUT2D eigenvalue weighted by Crippen LogP contribution is -2.53. The maximum absolute atomic E-state index is 8.22. The zero-order valence-corrected chi connectivity index (χ0v) is 10.7. The molecule has 0 spiro atoms. The summed E-state index contributed by atoms with van der Waals surface area (Å²) in [5, 5.41) is 8.22. The zero-order chi connectivity index (χ0) is 12.1. The second kappa shape index (κ2) is 6.33. The zero-order valence-electron chi connectivity index (χ0n) is 10.7. The highest BCUT2D eigenvalue weighted by atomic mass is 16.5. The molecular weight excluding hydrogens is 218 g/mol. The molecule has 1 N–H and O–H groups in total. The van der Waals surface area contributed by atoms with Crippen LogP contribution in [0.1, 0.15) is 13.3 Å². The summed E-state index contributed by atoms with van der Waals surface area (Å²) in [6.45, 7) is 9.02. The van der Waals surface area contributed by atoms with Crippen molar-refractivity contribution in [3.8, 4) is 0 Å². The molecule has 0 aliphatic carbocycles. The van der Waals surface area contributed by atoms with Gasteiger partial charge in [-0.05, 0) is 13.0 Å². The van der Waals surface area contributed by atoms with Gasteiger partial charge in [0.05, 0.1) is 19.8 Å². The molecule has 1 unspecified atom stereocenters. The Morgan fingerprint density at radius 2 is 2.00 bits per heavy atom. The summed E-state index contributed by atoms with van der Waals surface area (Å²) in [4.78, 5) is 4.48. The highest BCUT2D eigenvalue weighted by Gasteiger charge is 2.27. The molecular formula is C12H23N3O2. The molecule has 2 fully saturated rings. The van der Waals surface area contributed by atoms with Crippen LogP contribution in [0.15, 0.2) is 0 Å². The second-order valence-corrected chi connectivity index (χ2v) is 4.64. The van der Waals surface area contributed by atoms with Crippen LogP contribution >= 0.6 is 0 Å². The van der Waals surface area contributed by atoms with Crippen LogP contribution in [0, 0.1) is 5.41 Å². The molecule has 0 aromatic rings. The van der Waals surface area contributed by atoms with E-state index in [-0.39, 0.29) is 6.10 Å². The van der Waals surface area contributed by atoms with Crippen LogP contribution < -0.4 is 0 Å². The van der Waals surface area contributed by atoms with Crippen molar-refractivity contribution in [2.24, 2.45) is 0 Å². The van der Waals surface area contributed by atoms with Crippen molar-refractivity contribution in [1.29, 1.82) is 5.41 Å². The van der Waals surface area contributed by atoms with Gasteiger partial charge in [0.2, 0.25) is 0 Å². The molecule has 17 heavy (non-hydrogen) atoms. The van der Waals surface area contributed by atoms with Crippen molar-refractivity contribution < 1.29 is 9.47 Å². The van der Waals surface area contributed by atoms with E-state index in [1.165, 1.54) is 0 Å². The molecule has 5 nitrogen and oxygen atoms in total. The molecule has 2 aliphatic heterocycles. The van der Waals surface area contributed by atoms with E-state index in [4.69, 9.17) is 14.9 Å². The van der Waals surface area contributed by atoms with Crippen molar-refractivity contribution in [1.82, 2.24) is 9.80 Å². The average molecular weight is 241 g/mol. The summed E-state index contributed by atoms with van der Waals surface area (Å²) >= 11 is 0. The van der Waals surface area contributed by atoms with E-state index in [0.717, 1.165) is 59.0 Å². The fourth-order valence-corrected chi connectivity index (χ4v) is 2.40. The highest BCUT2D eigenvalue weighted by molar-refractivity contribution is 5.84. The minimum atomic E-state index is -0.0478. The minimum Gasteiger partial charge on any atom is -0.378 e. The van der Waals surface area contributed by atoms with Crippen molar-refractivity contribution in [2.75, 3.05) is 52.5 Å². The van der Waals surface area contributed by atoms with Gasteiger partial charge < -0.3 is 14.4 Å². The van der Waals surface area contributed by atoms with Gasteiger partial charge in [0.25, 0.3) is 0 Å². The Balaban J connectivity index is 1.85. The third kappa shape index (κ3) is 3.40. The van der Waals surface area contributed by atoms with Crippen LogP contribution in [0.5, 0.6) is 0 Å². The molecule has 5 heteroatoms. The number of ether oxygens (including phenoxy) is 2. The van der Waals surface area contributed by atoms with E-state index in [1.807, 2.05) is 0 Å². The first-order valence-corrected chi connectivity index (χ1v) is 6.56. The average Bonchev–Trinajstić information content (AvgIpc) is 2.40. The van der Waals surface area contributed by atoms with Gasteiger partial charge in [-0.25, -0.2) is 0 Å². The van der Waals surface area contributed by atoms with Gasteiger partial charge in [-0.2, -0.15) is 0 Å². The molecule has 2 rings (SSSR count). The van der Waals surface area contributed by atoms with E-state index in [0.29, 0.717) is 5.84 Å². The first kappa shape index (κ1) is 12.8. The molecule has 0 radical (unpaired) electrons. The molecule has 0 amide bonds. The Labute approximate surface area is 103 Å². The summed E-state index contributed by atoms with van der Waals surface area (Å²) in [7, 11) is 0. The SMILES string of the molecule is CCCN1CCOC(C(=N)N2CCOCC2)C1. The van der Waals surface area contributed by atoms with E-state index >= 15 is 0 Å². The normalized spacial score (nSPS) is 27.1. The van der Waals surface area contributed by atoms with Gasteiger partial charge in [-0.3, -0.25) is 10.3 Å². The third-order valence-electron chi connectivity index (χ3n) is 3.35. The number of hydrogen-bond acceptors (Lipinski definition) is 4. The van der Waals surface area contributed by atoms with E-state index in [9.17, 15) is 0 Å². The number of morpholine rings is 2.